The van der Waals surface area contributed by atoms with Crippen molar-refractivity contribution in [2.45, 2.75) is 58.3 Å². The van der Waals surface area contributed by atoms with E-state index in [0.29, 0.717) is 31.6 Å². The first-order valence-corrected chi connectivity index (χ1v) is 11.5. The van der Waals surface area contributed by atoms with Crippen LogP contribution in [0.4, 0.5) is 13.2 Å². The smallest absolute Gasteiger partial charge is 0.345 e. The van der Waals surface area contributed by atoms with Crippen LogP contribution in [0.25, 0.3) is 0 Å². The number of unbranched alkanes of at least 4 members (excludes halogenated alkanes) is 1. The van der Waals surface area contributed by atoms with Gasteiger partial charge in [-0.25, -0.2) is 0 Å². The van der Waals surface area contributed by atoms with Crippen molar-refractivity contribution in [1.29, 1.82) is 0 Å². The van der Waals surface area contributed by atoms with Crippen molar-refractivity contribution >= 4 is 5.91 Å². The summed E-state index contributed by atoms with van der Waals surface area (Å²) >= 11 is 0. The lowest BCUT2D eigenvalue weighted by atomic mass is 9.95. The number of carbonyl (C=O) groups excluding carboxylic acids is 1. The van der Waals surface area contributed by atoms with Gasteiger partial charge in [-0.3, -0.25) is 4.79 Å². The van der Waals surface area contributed by atoms with Crippen LogP contribution >= 0.6 is 0 Å². The average molecular weight is 457 g/mol. The molecule has 0 N–H and O–H groups in total. The zero-order valence-electron chi connectivity index (χ0n) is 19.2. The minimum atomic E-state index is -4.37. The van der Waals surface area contributed by atoms with Crippen molar-refractivity contribution < 1.29 is 18.0 Å². The molecule has 0 aliphatic heterocycles. The largest absolute Gasteiger partial charge is 0.416 e. The van der Waals surface area contributed by atoms with Crippen LogP contribution in [-0.4, -0.2) is 21.9 Å². The molecule has 2 aromatic carbocycles. The fourth-order valence-corrected chi connectivity index (χ4v) is 4.06. The van der Waals surface area contributed by atoms with Crippen LogP contribution in [0.5, 0.6) is 0 Å². The van der Waals surface area contributed by atoms with E-state index in [9.17, 15) is 18.0 Å². The second-order valence-corrected chi connectivity index (χ2v) is 8.31. The predicted octanol–water partition coefficient (Wildman–Crippen LogP) is 6.88. The number of nitrogens with zero attached hydrogens (tertiary/aromatic N) is 2. The monoisotopic (exact) mass is 456 g/mol. The number of hydrogen-bond donors (Lipinski definition) is 0. The Hall–Kier alpha value is -3.02. The first-order valence-electron chi connectivity index (χ1n) is 11.5. The highest BCUT2D eigenvalue weighted by Gasteiger charge is 2.30. The molecule has 1 amide bonds. The Labute approximate surface area is 193 Å². The van der Waals surface area contributed by atoms with Crippen molar-refractivity contribution in [3.63, 3.8) is 0 Å². The van der Waals surface area contributed by atoms with Crippen LogP contribution in [0.1, 0.15) is 61.4 Å². The molecular formula is C27H31F3N2O. The third-order valence-electron chi connectivity index (χ3n) is 5.89. The lowest BCUT2D eigenvalue weighted by molar-refractivity contribution is -0.137. The first kappa shape index (κ1) is 24.6. The van der Waals surface area contributed by atoms with E-state index in [1.165, 1.54) is 12.1 Å². The number of hydrogen-bond acceptors (Lipinski definition) is 1. The summed E-state index contributed by atoms with van der Waals surface area (Å²) in [5.41, 5.74) is 1.83. The van der Waals surface area contributed by atoms with Crippen LogP contribution in [0.3, 0.4) is 0 Å². The molecule has 3 aromatic rings. The molecule has 0 aliphatic carbocycles. The van der Waals surface area contributed by atoms with E-state index >= 15 is 0 Å². The van der Waals surface area contributed by atoms with Gasteiger partial charge in [0, 0.05) is 25.0 Å². The van der Waals surface area contributed by atoms with Gasteiger partial charge >= 0.3 is 6.18 Å². The zero-order valence-corrected chi connectivity index (χ0v) is 19.2. The SMILES string of the molecule is CCCCN(Cc1cccn1Cc1cccc(C(F)(F)F)c1)C(=O)C(CC)c1ccccc1. The Bertz CT molecular complexity index is 1030. The van der Waals surface area contributed by atoms with Crippen LogP contribution in [-0.2, 0) is 24.1 Å². The minimum Gasteiger partial charge on any atom is -0.345 e. The van der Waals surface area contributed by atoms with Crippen LogP contribution in [0.15, 0.2) is 72.9 Å². The third-order valence-corrected chi connectivity index (χ3v) is 5.89. The maximum atomic E-state index is 13.5. The summed E-state index contributed by atoms with van der Waals surface area (Å²) in [4.78, 5) is 15.4. The molecule has 1 unspecified atom stereocenters. The van der Waals surface area contributed by atoms with E-state index in [1.54, 1.807) is 6.07 Å². The molecule has 1 atom stereocenters. The second kappa shape index (κ2) is 11.2. The standard InChI is InChI=1S/C27H31F3N2O/c1-3-5-16-32(26(33)25(4-2)22-12-7-6-8-13-22)20-24-15-10-17-31(24)19-21-11-9-14-23(18-21)27(28,29)30/h6-15,17-18,25H,3-5,16,19-20H2,1-2H3. The maximum absolute atomic E-state index is 13.5. The summed E-state index contributed by atoms with van der Waals surface area (Å²) in [5, 5.41) is 0. The van der Waals surface area contributed by atoms with Gasteiger partial charge in [-0.2, -0.15) is 13.2 Å². The molecule has 0 bridgehead atoms. The number of carbonyl (C=O) groups is 1. The van der Waals surface area contributed by atoms with Crippen molar-refractivity contribution in [3.8, 4) is 0 Å². The number of rotatable bonds is 10. The second-order valence-electron chi connectivity index (χ2n) is 8.31. The highest BCUT2D eigenvalue weighted by Crippen LogP contribution is 2.30. The lowest BCUT2D eigenvalue weighted by Gasteiger charge is -2.28. The number of halogens is 3. The van der Waals surface area contributed by atoms with E-state index < -0.39 is 11.7 Å². The molecule has 176 valence electrons. The summed E-state index contributed by atoms with van der Waals surface area (Å²) in [6, 6.07) is 19.0. The summed E-state index contributed by atoms with van der Waals surface area (Å²) in [6.45, 7) is 5.50. The molecule has 0 radical (unpaired) electrons. The van der Waals surface area contributed by atoms with Crippen molar-refractivity contribution in [2.75, 3.05) is 6.54 Å². The molecular weight excluding hydrogens is 425 g/mol. The van der Waals surface area contributed by atoms with Crippen LogP contribution in [0.2, 0.25) is 0 Å². The topological polar surface area (TPSA) is 25.2 Å². The van der Waals surface area contributed by atoms with Gasteiger partial charge in [-0.05, 0) is 48.2 Å². The third kappa shape index (κ3) is 6.50. The van der Waals surface area contributed by atoms with Gasteiger partial charge in [-0.1, -0.05) is 62.7 Å². The van der Waals surface area contributed by atoms with Crippen molar-refractivity contribution in [3.05, 3.63) is 95.3 Å². The molecule has 3 nitrogen and oxygen atoms in total. The van der Waals surface area contributed by atoms with Crippen molar-refractivity contribution in [2.24, 2.45) is 0 Å². The van der Waals surface area contributed by atoms with Crippen LogP contribution in [0, 0.1) is 0 Å². The molecule has 0 saturated heterocycles. The van der Waals surface area contributed by atoms with Gasteiger partial charge in [0.2, 0.25) is 5.91 Å². The summed E-state index contributed by atoms with van der Waals surface area (Å²) in [7, 11) is 0. The molecule has 0 aliphatic rings. The molecule has 1 heterocycles. The normalized spacial score (nSPS) is 12.5. The van der Waals surface area contributed by atoms with Gasteiger partial charge in [0.1, 0.15) is 0 Å². The Morgan fingerprint density at radius 3 is 2.42 bits per heavy atom. The van der Waals surface area contributed by atoms with Crippen LogP contribution < -0.4 is 0 Å². The van der Waals surface area contributed by atoms with E-state index in [4.69, 9.17) is 0 Å². The highest BCUT2D eigenvalue weighted by molar-refractivity contribution is 5.83. The van der Waals surface area contributed by atoms with E-state index in [2.05, 4.69) is 6.92 Å². The van der Waals surface area contributed by atoms with E-state index in [0.717, 1.165) is 30.2 Å². The number of aromatic nitrogens is 1. The number of amides is 1. The summed E-state index contributed by atoms with van der Waals surface area (Å²) in [6.07, 6.45) is 0.0528. The Morgan fingerprint density at radius 2 is 1.76 bits per heavy atom. The number of alkyl halides is 3. The molecule has 0 saturated carbocycles. The van der Waals surface area contributed by atoms with Gasteiger partial charge in [0.15, 0.2) is 0 Å². The molecule has 3 rings (SSSR count). The maximum Gasteiger partial charge on any atom is 0.416 e. The minimum absolute atomic E-state index is 0.0870. The molecule has 33 heavy (non-hydrogen) atoms. The summed E-state index contributed by atoms with van der Waals surface area (Å²) < 4.78 is 41.2. The Kier molecular flexibility index (Phi) is 8.37. The Morgan fingerprint density at radius 1 is 1.00 bits per heavy atom. The lowest BCUT2D eigenvalue weighted by Crippen LogP contribution is -2.36. The first-order chi connectivity index (χ1) is 15.8. The van der Waals surface area contributed by atoms with Gasteiger partial charge < -0.3 is 9.47 Å². The van der Waals surface area contributed by atoms with Crippen molar-refractivity contribution in [1.82, 2.24) is 9.47 Å². The fraction of sp³-hybridized carbons (Fsp3) is 0.370. The van der Waals surface area contributed by atoms with Gasteiger partial charge in [0.05, 0.1) is 18.0 Å². The van der Waals surface area contributed by atoms with E-state index in [-0.39, 0.29) is 11.8 Å². The number of benzene rings is 2. The average Bonchev–Trinajstić information content (AvgIpc) is 3.23. The molecule has 6 heteroatoms. The zero-order chi connectivity index (χ0) is 23.8. The fourth-order valence-electron chi connectivity index (χ4n) is 4.06. The van der Waals surface area contributed by atoms with Gasteiger partial charge in [0.25, 0.3) is 0 Å². The predicted molar refractivity (Wildman–Crippen MR) is 125 cm³/mol. The molecule has 0 fully saturated rings. The molecule has 0 spiro atoms. The highest BCUT2D eigenvalue weighted by atomic mass is 19.4. The quantitative estimate of drug-likeness (QED) is 0.327. The van der Waals surface area contributed by atoms with E-state index in [1.807, 2.05) is 65.1 Å². The molecule has 1 aromatic heterocycles. The van der Waals surface area contributed by atoms with Gasteiger partial charge in [-0.15, -0.1) is 0 Å². The summed E-state index contributed by atoms with van der Waals surface area (Å²) in [5.74, 6) is -0.126. The Balaban J connectivity index is 1.81.